The number of sulfonamides is 1. The fraction of sp³-hybridized carbons (Fsp3) is 0.480. The van der Waals surface area contributed by atoms with Gasteiger partial charge < -0.3 is 24.6 Å². The van der Waals surface area contributed by atoms with Gasteiger partial charge in [-0.15, -0.1) is 0 Å². The monoisotopic (exact) mass is 536 g/mol. The number of ether oxygens (including phenoxy) is 3. The van der Waals surface area contributed by atoms with E-state index in [0.29, 0.717) is 24.6 Å². The molecule has 0 spiro atoms. The van der Waals surface area contributed by atoms with Gasteiger partial charge in [0.25, 0.3) is 5.91 Å². The van der Waals surface area contributed by atoms with E-state index in [9.17, 15) is 18.3 Å². The number of hydrogen-bond acceptors (Lipinski definition) is 8. The molecule has 1 aliphatic heterocycles. The van der Waals surface area contributed by atoms with Crippen molar-refractivity contribution >= 4 is 27.3 Å². The van der Waals surface area contributed by atoms with Crippen molar-refractivity contribution in [3.8, 4) is 5.75 Å². The molecule has 1 amide bonds. The fourth-order valence-corrected chi connectivity index (χ4v) is 6.07. The summed E-state index contributed by atoms with van der Waals surface area (Å²) in [5.41, 5.74) is 1.08. The van der Waals surface area contributed by atoms with Crippen LogP contribution < -0.4 is 10.1 Å². The Kier molecular flexibility index (Phi) is 9.02. The predicted octanol–water partition coefficient (Wildman–Crippen LogP) is 2.70. The first kappa shape index (κ1) is 26.6. The van der Waals surface area contributed by atoms with Crippen molar-refractivity contribution < 1.29 is 32.5 Å². The summed E-state index contributed by atoms with van der Waals surface area (Å²) in [5.74, 6) is 1.00. The Balaban J connectivity index is 1.39. The molecule has 9 nitrogen and oxygen atoms in total. The average Bonchev–Trinajstić information content (AvgIpc) is 3.56. The molecule has 4 rings (SSSR count). The zero-order valence-electron chi connectivity index (χ0n) is 20.2. The molecule has 1 saturated carbocycles. The van der Waals surface area contributed by atoms with E-state index in [0.717, 1.165) is 18.4 Å². The summed E-state index contributed by atoms with van der Waals surface area (Å²) in [6.45, 7) is 0.283. The van der Waals surface area contributed by atoms with E-state index in [1.165, 1.54) is 23.5 Å². The molecule has 11 heteroatoms. The number of amides is 1. The SMILES string of the molecule is COc1ccc(S(=O)(=O)N(CCO)CCO[C@@H]2C[C@H](c3ccsc3)C=C(C(=O)NCC3CC3)O2)cc1. The Morgan fingerprint density at radius 2 is 2.00 bits per heavy atom. The zero-order chi connectivity index (χ0) is 25.5. The number of benzene rings is 1. The molecule has 2 N–H and O–H groups in total. The fourth-order valence-electron chi connectivity index (χ4n) is 3.93. The van der Waals surface area contributed by atoms with Gasteiger partial charge in [-0.1, -0.05) is 0 Å². The van der Waals surface area contributed by atoms with E-state index in [4.69, 9.17) is 14.2 Å². The Bertz CT molecular complexity index is 1130. The molecule has 2 aliphatic rings. The molecule has 2 heterocycles. The van der Waals surface area contributed by atoms with Gasteiger partial charge in [0.15, 0.2) is 5.76 Å². The summed E-state index contributed by atoms with van der Waals surface area (Å²) in [5, 5.41) is 16.4. The van der Waals surface area contributed by atoms with Crippen LogP contribution in [0, 0.1) is 5.92 Å². The minimum atomic E-state index is -3.85. The molecule has 0 radical (unpaired) electrons. The predicted molar refractivity (Wildman–Crippen MR) is 135 cm³/mol. The molecule has 36 heavy (non-hydrogen) atoms. The van der Waals surface area contributed by atoms with Gasteiger partial charge in [0.05, 0.1) is 25.2 Å². The third-order valence-electron chi connectivity index (χ3n) is 6.19. The number of nitrogens with zero attached hydrogens (tertiary/aromatic N) is 1. The number of aliphatic hydroxyl groups excluding tert-OH is 1. The number of rotatable bonds is 13. The van der Waals surface area contributed by atoms with E-state index >= 15 is 0 Å². The van der Waals surface area contributed by atoms with E-state index < -0.39 is 16.3 Å². The number of thiophene rings is 1. The Labute approximate surface area is 215 Å². The van der Waals surface area contributed by atoms with Gasteiger partial charge in [0.1, 0.15) is 5.75 Å². The third kappa shape index (κ3) is 6.86. The zero-order valence-corrected chi connectivity index (χ0v) is 21.8. The molecule has 0 unspecified atom stereocenters. The van der Waals surface area contributed by atoms with Gasteiger partial charge in [-0.3, -0.25) is 4.79 Å². The number of carbonyl (C=O) groups is 1. The lowest BCUT2D eigenvalue weighted by Crippen LogP contribution is -2.38. The van der Waals surface area contributed by atoms with Gasteiger partial charge in [-0.25, -0.2) is 8.42 Å². The van der Waals surface area contributed by atoms with E-state index in [1.807, 2.05) is 22.9 Å². The molecule has 1 aromatic heterocycles. The second-order valence-corrected chi connectivity index (χ2v) is 11.5. The van der Waals surface area contributed by atoms with Gasteiger partial charge >= 0.3 is 0 Å². The second kappa shape index (κ2) is 12.2. The van der Waals surface area contributed by atoms with E-state index in [2.05, 4.69) is 5.32 Å². The number of aliphatic hydroxyl groups is 1. The maximum Gasteiger partial charge on any atom is 0.286 e. The van der Waals surface area contributed by atoms with Gasteiger partial charge in [-0.05, 0) is 71.5 Å². The summed E-state index contributed by atoms with van der Waals surface area (Å²) in [7, 11) is -2.34. The van der Waals surface area contributed by atoms with Crippen LogP contribution in [0.4, 0.5) is 0 Å². The number of carbonyl (C=O) groups excluding carboxylic acids is 1. The Hall–Kier alpha value is -2.44. The van der Waals surface area contributed by atoms with Crippen LogP contribution >= 0.6 is 11.3 Å². The van der Waals surface area contributed by atoms with Crippen LogP contribution in [0.15, 0.2) is 57.8 Å². The van der Waals surface area contributed by atoms with Gasteiger partial charge in [0.2, 0.25) is 16.3 Å². The molecule has 196 valence electrons. The lowest BCUT2D eigenvalue weighted by molar-refractivity contribution is -0.146. The Morgan fingerprint density at radius 1 is 1.22 bits per heavy atom. The standard InChI is InChI=1S/C25H32N2O7S2/c1-32-21-4-6-22(7-5-21)36(30,31)27(9-11-28)10-12-33-24-15-20(19-8-13-35-17-19)14-23(34-24)25(29)26-16-18-2-3-18/h4-8,13-14,17-18,20,24,28H,2-3,9-12,15-16H2,1H3,(H,26,29)/t20-,24+/m1/s1. The summed E-state index contributed by atoms with van der Waals surface area (Å²) < 4.78 is 44.3. The van der Waals surface area contributed by atoms with Crippen LogP contribution in [0.2, 0.25) is 0 Å². The van der Waals surface area contributed by atoms with Crippen molar-refractivity contribution in [1.29, 1.82) is 0 Å². The van der Waals surface area contributed by atoms with Crippen LogP contribution in [0.25, 0.3) is 0 Å². The van der Waals surface area contributed by atoms with E-state index in [1.54, 1.807) is 23.5 Å². The van der Waals surface area contributed by atoms with Crippen molar-refractivity contribution in [3.63, 3.8) is 0 Å². The molecular weight excluding hydrogens is 504 g/mol. The lowest BCUT2D eigenvalue weighted by Gasteiger charge is -2.29. The minimum Gasteiger partial charge on any atom is -0.497 e. The Morgan fingerprint density at radius 3 is 2.64 bits per heavy atom. The lowest BCUT2D eigenvalue weighted by atomic mass is 9.95. The van der Waals surface area contributed by atoms with Crippen molar-refractivity contribution in [2.24, 2.45) is 5.92 Å². The quantitative estimate of drug-likeness (QED) is 0.405. The molecule has 2 atom stereocenters. The van der Waals surface area contributed by atoms with Crippen LogP contribution in [0.3, 0.4) is 0 Å². The van der Waals surface area contributed by atoms with Gasteiger partial charge in [-0.2, -0.15) is 15.6 Å². The molecule has 0 saturated heterocycles. The highest BCUT2D eigenvalue weighted by molar-refractivity contribution is 7.89. The van der Waals surface area contributed by atoms with Crippen molar-refractivity contribution in [2.45, 2.75) is 36.4 Å². The summed E-state index contributed by atoms with van der Waals surface area (Å²) in [6, 6.07) is 8.09. The summed E-state index contributed by atoms with van der Waals surface area (Å²) >= 11 is 1.58. The molecule has 1 aromatic carbocycles. The van der Waals surface area contributed by atoms with Crippen molar-refractivity contribution in [1.82, 2.24) is 9.62 Å². The number of hydrogen-bond donors (Lipinski definition) is 2. The number of nitrogens with one attached hydrogen (secondary N) is 1. The molecule has 1 aliphatic carbocycles. The van der Waals surface area contributed by atoms with Crippen LogP contribution in [-0.4, -0.2) is 70.0 Å². The molecular formula is C25H32N2O7S2. The molecule has 1 fully saturated rings. The summed E-state index contributed by atoms with van der Waals surface area (Å²) in [6.07, 6.45) is 3.89. The molecule has 0 bridgehead atoms. The van der Waals surface area contributed by atoms with Crippen molar-refractivity contribution in [3.05, 3.63) is 58.5 Å². The minimum absolute atomic E-state index is 0.0187. The summed E-state index contributed by atoms with van der Waals surface area (Å²) in [4.78, 5) is 12.8. The van der Waals surface area contributed by atoms with Gasteiger partial charge in [0, 0.05) is 32.0 Å². The largest absolute Gasteiger partial charge is 0.497 e. The highest BCUT2D eigenvalue weighted by Gasteiger charge is 2.31. The first-order valence-corrected chi connectivity index (χ1v) is 14.3. The maximum atomic E-state index is 13.1. The first-order valence-electron chi connectivity index (χ1n) is 12.0. The number of allylic oxidation sites excluding steroid dienone is 1. The van der Waals surface area contributed by atoms with Crippen LogP contribution in [0.5, 0.6) is 5.75 Å². The molecule has 2 aromatic rings. The van der Waals surface area contributed by atoms with Crippen molar-refractivity contribution in [2.75, 3.05) is 40.0 Å². The number of methoxy groups -OCH3 is 1. The van der Waals surface area contributed by atoms with Crippen LogP contribution in [0.1, 0.15) is 30.7 Å². The second-order valence-electron chi connectivity index (χ2n) is 8.80. The highest BCUT2D eigenvalue weighted by Crippen LogP contribution is 2.33. The van der Waals surface area contributed by atoms with Crippen LogP contribution in [-0.2, 0) is 24.3 Å². The smallest absolute Gasteiger partial charge is 0.286 e. The highest BCUT2D eigenvalue weighted by atomic mass is 32.2. The van der Waals surface area contributed by atoms with E-state index in [-0.39, 0.29) is 48.8 Å². The maximum absolute atomic E-state index is 13.1. The topological polar surface area (TPSA) is 114 Å². The average molecular weight is 537 g/mol. The third-order valence-corrected chi connectivity index (χ3v) is 8.81. The first-order chi connectivity index (χ1) is 17.4. The normalized spacial score (nSPS) is 20.0.